The molecule has 5 heteroatoms. The van der Waals surface area contributed by atoms with Gasteiger partial charge in [0.2, 0.25) is 0 Å². The first-order chi connectivity index (χ1) is 16.1. The molecule has 0 radical (unpaired) electrons. The highest BCUT2D eigenvalue weighted by molar-refractivity contribution is 6.93. The molecule has 0 bridgehead atoms. The Kier molecular flexibility index (Phi) is 5.56. The highest BCUT2D eigenvalue weighted by Crippen LogP contribution is 2.30. The minimum Gasteiger partial charge on any atom is -0.497 e. The van der Waals surface area contributed by atoms with Gasteiger partial charge in [-0.1, -0.05) is 72.8 Å². The molecule has 0 fully saturated rings. The second-order valence-corrected chi connectivity index (χ2v) is 11.3. The van der Waals surface area contributed by atoms with Crippen LogP contribution in [0.1, 0.15) is 29.3 Å². The van der Waals surface area contributed by atoms with Crippen molar-refractivity contribution >= 4 is 30.9 Å². The van der Waals surface area contributed by atoms with Crippen LogP contribution in [0.3, 0.4) is 0 Å². The number of carbonyl (C=O) groups excluding carboxylic acids is 2. The van der Waals surface area contributed by atoms with Crippen LogP contribution in [0.4, 0.5) is 0 Å². The lowest BCUT2D eigenvalue weighted by molar-refractivity contribution is -0.130. The molecule has 0 saturated heterocycles. The summed E-state index contributed by atoms with van der Waals surface area (Å²) in [5.41, 5.74) is 2.29. The molecule has 0 saturated carbocycles. The third-order valence-corrected chi connectivity index (χ3v) is 9.88. The number of esters is 1. The van der Waals surface area contributed by atoms with E-state index in [2.05, 4.69) is 25.1 Å². The van der Waals surface area contributed by atoms with E-state index < -0.39 is 8.80 Å². The first kappa shape index (κ1) is 21.2. The van der Waals surface area contributed by atoms with Crippen LogP contribution >= 0.6 is 0 Å². The van der Waals surface area contributed by atoms with Crippen molar-refractivity contribution in [3.63, 3.8) is 0 Å². The zero-order chi connectivity index (χ0) is 22.9. The summed E-state index contributed by atoms with van der Waals surface area (Å²) in [4.78, 5) is 25.9. The summed E-state index contributed by atoms with van der Waals surface area (Å²) in [6.45, 7) is 2.06. The lowest BCUT2D eigenvalue weighted by Gasteiger charge is -2.31. The van der Waals surface area contributed by atoms with E-state index in [4.69, 9.17) is 9.47 Å². The van der Waals surface area contributed by atoms with Crippen LogP contribution in [0.15, 0.2) is 95.7 Å². The number of ether oxygens (including phenoxy) is 2. The maximum atomic E-state index is 13.1. The van der Waals surface area contributed by atoms with Crippen molar-refractivity contribution in [3.8, 4) is 11.5 Å². The SMILES string of the molecule is COc1ccc(OC(=O)C2=CC=C([SiH]3c4ccccc4C(=O)c4ccccc43)CC2C)cc1. The van der Waals surface area contributed by atoms with Crippen LogP contribution in [-0.4, -0.2) is 27.7 Å². The summed E-state index contributed by atoms with van der Waals surface area (Å²) >= 11 is 0. The Bertz CT molecular complexity index is 1250. The number of ketones is 1. The molecule has 1 unspecified atom stereocenters. The van der Waals surface area contributed by atoms with Gasteiger partial charge >= 0.3 is 5.97 Å². The standard InChI is InChI=1S/C28H24O4Si/c1-18-17-21(15-16-22(18)28(30)32-20-13-11-19(31-2)12-14-20)33-25-9-5-3-7-23(25)27(29)24-8-4-6-10-26(24)33/h3-16,18,33H,17H2,1-2H3. The lowest BCUT2D eigenvalue weighted by Crippen LogP contribution is -2.53. The molecule has 0 amide bonds. The molecule has 1 atom stereocenters. The van der Waals surface area contributed by atoms with Crippen molar-refractivity contribution in [2.45, 2.75) is 13.3 Å². The fourth-order valence-corrected chi connectivity index (χ4v) is 8.50. The fraction of sp³-hybridized carbons (Fsp3) is 0.143. The number of fused-ring (bicyclic) bond motifs is 2. The first-order valence-electron chi connectivity index (χ1n) is 11.1. The van der Waals surface area contributed by atoms with Crippen molar-refractivity contribution in [2.75, 3.05) is 7.11 Å². The molecule has 3 aromatic carbocycles. The van der Waals surface area contributed by atoms with Crippen molar-refractivity contribution in [1.82, 2.24) is 0 Å². The normalized spacial score (nSPS) is 17.4. The van der Waals surface area contributed by atoms with E-state index >= 15 is 0 Å². The van der Waals surface area contributed by atoms with Gasteiger partial charge in [-0.25, -0.2) is 4.79 Å². The molecule has 2 aliphatic rings. The maximum Gasteiger partial charge on any atom is 0.339 e. The largest absolute Gasteiger partial charge is 0.497 e. The second-order valence-electron chi connectivity index (χ2n) is 8.47. The molecule has 5 rings (SSSR count). The van der Waals surface area contributed by atoms with E-state index in [1.807, 2.05) is 42.5 Å². The van der Waals surface area contributed by atoms with E-state index in [9.17, 15) is 9.59 Å². The molecule has 0 spiro atoms. The van der Waals surface area contributed by atoms with Crippen LogP contribution in [0.5, 0.6) is 11.5 Å². The molecule has 164 valence electrons. The van der Waals surface area contributed by atoms with Crippen LogP contribution in [0.25, 0.3) is 0 Å². The van der Waals surface area contributed by atoms with Gasteiger partial charge in [-0.2, -0.15) is 0 Å². The Hall–Kier alpha value is -3.70. The lowest BCUT2D eigenvalue weighted by atomic mass is 9.93. The number of hydrogen-bond donors (Lipinski definition) is 0. The number of benzene rings is 3. The monoisotopic (exact) mass is 452 g/mol. The zero-order valence-corrected chi connectivity index (χ0v) is 19.7. The van der Waals surface area contributed by atoms with E-state index in [0.29, 0.717) is 17.1 Å². The first-order valence-corrected chi connectivity index (χ1v) is 12.8. The minimum atomic E-state index is -1.79. The molecule has 0 N–H and O–H groups in total. The molecule has 1 aliphatic carbocycles. The summed E-state index contributed by atoms with van der Waals surface area (Å²) < 4.78 is 10.8. The van der Waals surface area contributed by atoms with Gasteiger partial charge in [-0.3, -0.25) is 4.79 Å². The van der Waals surface area contributed by atoms with Crippen molar-refractivity contribution in [2.24, 2.45) is 5.92 Å². The average Bonchev–Trinajstić information content (AvgIpc) is 2.85. The van der Waals surface area contributed by atoms with E-state index in [0.717, 1.165) is 27.9 Å². The van der Waals surface area contributed by atoms with Crippen LogP contribution in [0.2, 0.25) is 0 Å². The van der Waals surface area contributed by atoms with Gasteiger partial charge in [0, 0.05) is 16.7 Å². The van der Waals surface area contributed by atoms with Gasteiger partial charge in [0.05, 0.1) is 7.11 Å². The van der Waals surface area contributed by atoms with Gasteiger partial charge in [0.15, 0.2) is 5.78 Å². The third kappa shape index (κ3) is 3.85. The van der Waals surface area contributed by atoms with Gasteiger partial charge in [-0.15, -0.1) is 0 Å². The van der Waals surface area contributed by atoms with Crippen molar-refractivity contribution in [1.29, 1.82) is 0 Å². The van der Waals surface area contributed by atoms with Gasteiger partial charge in [0.25, 0.3) is 0 Å². The second kappa shape index (κ2) is 8.68. The molecule has 33 heavy (non-hydrogen) atoms. The van der Waals surface area contributed by atoms with E-state index in [-0.39, 0.29) is 17.7 Å². The predicted molar refractivity (Wildman–Crippen MR) is 131 cm³/mol. The zero-order valence-electron chi connectivity index (χ0n) is 18.6. The number of carbonyl (C=O) groups is 2. The Morgan fingerprint density at radius 1 is 0.848 bits per heavy atom. The summed E-state index contributed by atoms with van der Waals surface area (Å²) in [6, 6.07) is 23.0. The molecule has 4 nitrogen and oxygen atoms in total. The smallest absolute Gasteiger partial charge is 0.339 e. The topological polar surface area (TPSA) is 52.6 Å². The van der Waals surface area contributed by atoms with E-state index in [1.54, 1.807) is 31.4 Å². The van der Waals surface area contributed by atoms with Crippen molar-refractivity contribution in [3.05, 3.63) is 107 Å². The van der Waals surface area contributed by atoms with Gasteiger partial charge in [0.1, 0.15) is 20.3 Å². The van der Waals surface area contributed by atoms with Crippen LogP contribution < -0.4 is 19.8 Å². The Balaban J connectivity index is 1.47. The highest BCUT2D eigenvalue weighted by atomic mass is 28.3. The van der Waals surface area contributed by atoms with Crippen LogP contribution in [0, 0.1) is 5.92 Å². The van der Waals surface area contributed by atoms with Crippen molar-refractivity contribution < 1.29 is 19.1 Å². The number of rotatable bonds is 4. The van der Waals surface area contributed by atoms with E-state index in [1.165, 1.54) is 5.20 Å². The van der Waals surface area contributed by atoms with Gasteiger partial charge in [-0.05, 0) is 47.0 Å². The molecule has 0 aromatic heterocycles. The maximum absolute atomic E-state index is 13.1. The molecule has 1 heterocycles. The van der Waals surface area contributed by atoms with Crippen LogP contribution in [-0.2, 0) is 4.79 Å². The summed E-state index contributed by atoms with van der Waals surface area (Å²) in [7, 11) is -0.188. The summed E-state index contributed by atoms with van der Waals surface area (Å²) in [5.74, 6) is 1.01. The number of hydrogen-bond acceptors (Lipinski definition) is 4. The Morgan fingerprint density at radius 2 is 1.42 bits per heavy atom. The highest BCUT2D eigenvalue weighted by Gasteiger charge is 2.35. The number of allylic oxidation sites excluding steroid dienone is 3. The Morgan fingerprint density at radius 3 is 2.00 bits per heavy atom. The Labute approximate surface area is 194 Å². The summed E-state index contributed by atoms with van der Waals surface area (Å²) in [5, 5.41) is 3.66. The number of methoxy groups -OCH3 is 1. The minimum absolute atomic E-state index is 0.0280. The quantitative estimate of drug-likeness (QED) is 0.345. The summed E-state index contributed by atoms with van der Waals surface area (Å²) in [6.07, 6.45) is 4.77. The molecular weight excluding hydrogens is 428 g/mol. The predicted octanol–water partition coefficient (Wildman–Crippen LogP) is 3.62. The van der Waals surface area contributed by atoms with Gasteiger partial charge < -0.3 is 9.47 Å². The fourth-order valence-electron chi connectivity index (χ4n) is 4.81. The molecule has 1 aliphatic heterocycles. The third-order valence-electron chi connectivity index (χ3n) is 6.46. The average molecular weight is 453 g/mol. The molecule has 3 aromatic rings. The molecular formula is C28H24O4Si.